The van der Waals surface area contributed by atoms with Gasteiger partial charge in [0, 0.05) is 44.2 Å². The Kier molecular flexibility index (Phi) is 5.37. The van der Waals surface area contributed by atoms with Crippen molar-refractivity contribution in [3.8, 4) is 0 Å². The predicted molar refractivity (Wildman–Crippen MR) is 83.9 cm³/mol. The fourth-order valence-electron chi connectivity index (χ4n) is 2.60. The Bertz CT molecular complexity index is 578. The van der Waals surface area contributed by atoms with Crippen LogP contribution < -0.4 is 15.5 Å². The summed E-state index contributed by atoms with van der Waals surface area (Å²) in [6.45, 7) is 2.92. The van der Waals surface area contributed by atoms with Crippen molar-refractivity contribution in [2.45, 2.75) is 12.8 Å². The predicted octanol–water partition coefficient (Wildman–Crippen LogP) is 1.32. The van der Waals surface area contributed by atoms with Gasteiger partial charge in [0.2, 0.25) is 5.91 Å². The molecular weight excluding hydrogens is 309 g/mol. The number of rotatable bonds is 4. The summed E-state index contributed by atoms with van der Waals surface area (Å²) in [5.41, 5.74) is 0.592. The maximum atomic E-state index is 13.8. The minimum Gasteiger partial charge on any atom is -0.352 e. The summed E-state index contributed by atoms with van der Waals surface area (Å²) in [7, 11) is 0. The molecule has 2 fully saturated rings. The lowest BCUT2D eigenvalue weighted by molar-refractivity contribution is -0.117. The molecule has 0 saturated carbocycles. The van der Waals surface area contributed by atoms with Gasteiger partial charge in [0.05, 0.1) is 5.56 Å². The highest BCUT2D eigenvalue weighted by Crippen LogP contribution is 2.23. The van der Waals surface area contributed by atoms with Crippen molar-refractivity contribution in [1.82, 2.24) is 10.6 Å². The van der Waals surface area contributed by atoms with Crippen molar-refractivity contribution in [2.24, 2.45) is 5.92 Å². The largest absolute Gasteiger partial charge is 0.352 e. The molecule has 1 aromatic carbocycles. The first-order chi connectivity index (χ1) is 10.1. The molecule has 0 aliphatic carbocycles. The Morgan fingerprint density at radius 3 is 2.77 bits per heavy atom. The molecule has 0 radical (unpaired) electrons. The van der Waals surface area contributed by atoms with Crippen molar-refractivity contribution in [2.75, 3.05) is 31.1 Å². The second-order valence-corrected chi connectivity index (χ2v) is 5.55. The second-order valence-electron chi connectivity index (χ2n) is 5.55. The normalized spacial score (nSPS) is 17.9. The second kappa shape index (κ2) is 7.07. The number of carbonyl (C=O) groups excluding carboxylic acids is 2. The lowest BCUT2D eigenvalue weighted by Crippen LogP contribution is -2.48. The maximum absolute atomic E-state index is 13.8. The van der Waals surface area contributed by atoms with Crippen LogP contribution in [0.1, 0.15) is 23.2 Å². The first-order valence-corrected chi connectivity index (χ1v) is 7.24. The lowest BCUT2D eigenvalue weighted by Gasteiger charge is -2.27. The van der Waals surface area contributed by atoms with Gasteiger partial charge in [-0.05, 0) is 24.6 Å². The molecule has 0 aromatic heterocycles. The van der Waals surface area contributed by atoms with E-state index in [1.807, 2.05) is 0 Å². The summed E-state index contributed by atoms with van der Waals surface area (Å²) in [5.74, 6) is -0.545. The van der Waals surface area contributed by atoms with Crippen LogP contribution >= 0.6 is 12.4 Å². The van der Waals surface area contributed by atoms with Gasteiger partial charge in [-0.1, -0.05) is 0 Å². The highest BCUT2D eigenvalue weighted by atomic mass is 35.5. The van der Waals surface area contributed by atoms with E-state index in [1.54, 1.807) is 11.0 Å². The molecule has 2 aliphatic rings. The average Bonchev–Trinajstić information content (AvgIpc) is 2.83. The Morgan fingerprint density at radius 1 is 1.41 bits per heavy atom. The van der Waals surface area contributed by atoms with E-state index in [1.165, 1.54) is 12.1 Å². The topological polar surface area (TPSA) is 61.4 Å². The van der Waals surface area contributed by atoms with Crippen molar-refractivity contribution < 1.29 is 14.0 Å². The molecule has 0 bridgehead atoms. The van der Waals surface area contributed by atoms with Crippen molar-refractivity contribution in [3.63, 3.8) is 0 Å². The zero-order chi connectivity index (χ0) is 14.8. The van der Waals surface area contributed by atoms with Gasteiger partial charge in [-0.3, -0.25) is 9.59 Å². The molecule has 1 aromatic rings. The number of hydrogen-bond donors (Lipinski definition) is 2. The van der Waals surface area contributed by atoms with Gasteiger partial charge in [0.1, 0.15) is 5.82 Å². The Labute approximate surface area is 134 Å². The number of benzene rings is 1. The van der Waals surface area contributed by atoms with E-state index < -0.39 is 11.7 Å². The molecule has 2 N–H and O–H groups in total. The SMILES string of the molecule is Cl.O=C(NCC1CNC1)c1cc(N2CCCC2=O)ccc1F. The first kappa shape index (κ1) is 16.7. The highest BCUT2D eigenvalue weighted by molar-refractivity contribution is 5.99. The van der Waals surface area contributed by atoms with Crippen LogP contribution in [0.4, 0.5) is 10.1 Å². The van der Waals surface area contributed by atoms with Crippen molar-refractivity contribution >= 4 is 29.9 Å². The molecule has 0 atom stereocenters. The van der Waals surface area contributed by atoms with E-state index in [4.69, 9.17) is 0 Å². The number of nitrogens with one attached hydrogen (secondary N) is 2. The summed E-state index contributed by atoms with van der Waals surface area (Å²) in [5, 5.41) is 5.87. The average molecular weight is 328 g/mol. The standard InChI is InChI=1S/C15H18FN3O2.ClH/c16-13-4-3-11(19-5-1-2-14(19)20)6-12(13)15(21)18-9-10-7-17-8-10;/h3-4,6,10,17H,1-2,5,7-9H2,(H,18,21);1H. The van der Waals surface area contributed by atoms with Crippen LogP contribution in [0.2, 0.25) is 0 Å². The van der Waals surface area contributed by atoms with Crippen LogP contribution in [0.15, 0.2) is 18.2 Å². The Morgan fingerprint density at radius 2 is 2.18 bits per heavy atom. The van der Waals surface area contributed by atoms with Gasteiger partial charge in [0.25, 0.3) is 5.91 Å². The molecule has 5 nitrogen and oxygen atoms in total. The molecule has 2 saturated heterocycles. The zero-order valence-electron chi connectivity index (χ0n) is 12.1. The number of carbonyl (C=O) groups is 2. The van der Waals surface area contributed by atoms with Gasteiger partial charge in [-0.15, -0.1) is 12.4 Å². The number of halogens is 2. The summed E-state index contributed by atoms with van der Waals surface area (Å²) in [6, 6.07) is 4.26. The lowest BCUT2D eigenvalue weighted by atomic mass is 10.0. The van der Waals surface area contributed by atoms with E-state index in [0.29, 0.717) is 31.1 Å². The molecule has 3 rings (SSSR count). The van der Waals surface area contributed by atoms with Crippen LogP contribution in [-0.2, 0) is 4.79 Å². The van der Waals surface area contributed by atoms with E-state index in [0.717, 1.165) is 19.5 Å². The molecule has 0 spiro atoms. The molecule has 7 heteroatoms. The van der Waals surface area contributed by atoms with Crippen LogP contribution in [0.25, 0.3) is 0 Å². The van der Waals surface area contributed by atoms with E-state index in [2.05, 4.69) is 10.6 Å². The van der Waals surface area contributed by atoms with Gasteiger partial charge in [-0.25, -0.2) is 4.39 Å². The molecule has 0 unspecified atom stereocenters. The van der Waals surface area contributed by atoms with Gasteiger partial charge < -0.3 is 15.5 Å². The molecule has 2 amide bonds. The van der Waals surface area contributed by atoms with E-state index in [-0.39, 0.29) is 23.9 Å². The van der Waals surface area contributed by atoms with Crippen LogP contribution in [0, 0.1) is 11.7 Å². The monoisotopic (exact) mass is 327 g/mol. The molecule has 120 valence electrons. The highest BCUT2D eigenvalue weighted by Gasteiger charge is 2.24. The fourth-order valence-corrected chi connectivity index (χ4v) is 2.60. The van der Waals surface area contributed by atoms with Crippen LogP contribution in [-0.4, -0.2) is 38.0 Å². The number of hydrogen-bond acceptors (Lipinski definition) is 3. The van der Waals surface area contributed by atoms with E-state index in [9.17, 15) is 14.0 Å². The smallest absolute Gasteiger partial charge is 0.254 e. The minimum atomic E-state index is -0.561. The van der Waals surface area contributed by atoms with Crippen molar-refractivity contribution in [1.29, 1.82) is 0 Å². The molecule has 2 heterocycles. The quantitative estimate of drug-likeness (QED) is 0.877. The third-order valence-electron chi connectivity index (χ3n) is 4.00. The Balaban J connectivity index is 0.00000176. The number of amides is 2. The van der Waals surface area contributed by atoms with Crippen molar-refractivity contribution in [3.05, 3.63) is 29.6 Å². The summed E-state index contributed by atoms with van der Waals surface area (Å²) < 4.78 is 13.8. The molecule has 2 aliphatic heterocycles. The summed E-state index contributed by atoms with van der Waals surface area (Å²) >= 11 is 0. The minimum absolute atomic E-state index is 0. The van der Waals surface area contributed by atoms with Crippen LogP contribution in [0.3, 0.4) is 0 Å². The van der Waals surface area contributed by atoms with Crippen LogP contribution in [0.5, 0.6) is 0 Å². The van der Waals surface area contributed by atoms with Gasteiger partial charge in [-0.2, -0.15) is 0 Å². The summed E-state index contributed by atoms with van der Waals surface area (Å²) in [4.78, 5) is 25.4. The Hall–Kier alpha value is -1.66. The molecular formula is C15H19ClFN3O2. The number of nitrogens with zero attached hydrogens (tertiary/aromatic N) is 1. The molecule has 22 heavy (non-hydrogen) atoms. The third kappa shape index (κ3) is 3.39. The fraction of sp³-hybridized carbons (Fsp3) is 0.467. The third-order valence-corrected chi connectivity index (χ3v) is 4.00. The van der Waals surface area contributed by atoms with Gasteiger partial charge in [0.15, 0.2) is 0 Å². The van der Waals surface area contributed by atoms with Gasteiger partial charge >= 0.3 is 0 Å². The maximum Gasteiger partial charge on any atom is 0.254 e. The number of anilines is 1. The first-order valence-electron chi connectivity index (χ1n) is 7.24. The van der Waals surface area contributed by atoms with E-state index >= 15 is 0 Å². The summed E-state index contributed by atoms with van der Waals surface area (Å²) in [6.07, 6.45) is 1.31. The zero-order valence-corrected chi connectivity index (χ0v) is 12.9.